The Morgan fingerprint density at radius 2 is 2.17 bits per heavy atom. The van der Waals surface area contributed by atoms with E-state index in [2.05, 4.69) is 4.99 Å². The minimum atomic E-state index is -0.639. The van der Waals surface area contributed by atoms with Crippen LogP contribution in [0.2, 0.25) is 0 Å². The second-order valence-electron chi connectivity index (χ2n) is 6.64. The topological polar surface area (TPSA) is 69.9 Å². The van der Waals surface area contributed by atoms with Gasteiger partial charge in [-0.25, -0.2) is 9.79 Å². The summed E-state index contributed by atoms with van der Waals surface area (Å²) in [6.45, 7) is 3.77. The molecule has 3 heterocycles. The summed E-state index contributed by atoms with van der Waals surface area (Å²) in [5.74, 6) is 0.171. The van der Waals surface area contributed by atoms with Gasteiger partial charge in [-0.1, -0.05) is 23.5 Å². The number of fused-ring (bicyclic) bond motifs is 1. The van der Waals surface area contributed by atoms with Crippen LogP contribution in [0.15, 0.2) is 62.1 Å². The van der Waals surface area contributed by atoms with Gasteiger partial charge in [-0.15, -0.1) is 0 Å². The van der Waals surface area contributed by atoms with E-state index in [1.54, 1.807) is 36.9 Å². The fraction of sp³-hybridized carbons (Fsp3) is 0.227. The Hall–Kier alpha value is -2.97. The molecule has 2 aromatic heterocycles. The van der Waals surface area contributed by atoms with Crippen LogP contribution in [-0.2, 0) is 9.53 Å². The number of thiazole rings is 1. The van der Waals surface area contributed by atoms with Crippen molar-refractivity contribution in [3.05, 3.63) is 83.2 Å². The highest BCUT2D eigenvalue weighted by Gasteiger charge is 2.33. The van der Waals surface area contributed by atoms with Crippen LogP contribution >= 0.6 is 22.7 Å². The zero-order valence-electron chi connectivity index (χ0n) is 16.7. The Morgan fingerprint density at radius 3 is 2.87 bits per heavy atom. The number of esters is 1. The predicted octanol–water partition coefficient (Wildman–Crippen LogP) is 2.87. The van der Waals surface area contributed by atoms with Crippen molar-refractivity contribution in [1.29, 1.82) is 0 Å². The number of allylic oxidation sites excluding steroid dienone is 1. The average molecular weight is 441 g/mol. The molecule has 0 saturated heterocycles. The van der Waals surface area contributed by atoms with Gasteiger partial charge >= 0.3 is 5.97 Å². The smallest absolute Gasteiger partial charge is 0.338 e. The maximum Gasteiger partial charge on any atom is 0.338 e. The molecule has 0 radical (unpaired) electrons. The van der Waals surface area contributed by atoms with Gasteiger partial charge in [0.2, 0.25) is 0 Å². The molecule has 0 bridgehead atoms. The first-order chi connectivity index (χ1) is 14.5. The molecular weight excluding hydrogens is 420 g/mol. The van der Waals surface area contributed by atoms with Gasteiger partial charge in [0.25, 0.3) is 5.56 Å². The average Bonchev–Trinajstić information content (AvgIpc) is 3.35. The van der Waals surface area contributed by atoms with Gasteiger partial charge in [0.15, 0.2) is 4.80 Å². The Bertz CT molecular complexity index is 1300. The molecule has 0 aliphatic carbocycles. The van der Waals surface area contributed by atoms with Gasteiger partial charge in [0.1, 0.15) is 5.75 Å². The molecule has 0 N–H and O–H groups in total. The Morgan fingerprint density at radius 1 is 1.33 bits per heavy atom. The van der Waals surface area contributed by atoms with Crippen molar-refractivity contribution in [3.63, 3.8) is 0 Å². The van der Waals surface area contributed by atoms with Gasteiger partial charge in [0.05, 0.1) is 35.6 Å². The summed E-state index contributed by atoms with van der Waals surface area (Å²) in [5, 5.41) is 3.94. The number of methoxy groups -OCH3 is 1. The third-order valence-corrected chi connectivity index (χ3v) is 6.45. The zero-order chi connectivity index (χ0) is 21.3. The van der Waals surface area contributed by atoms with E-state index in [-0.39, 0.29) is 12.2 Å². The first-order valence-corrected chi connectivity index (χ1v) is 11.1. The first-order valence-electron chi connectivity index (χ1n) is 9.39. The summed E-state index contributed by atoms with van der Waals surface area (Å²) in [7, 11) is 1.58. The van der Waals surface area contributed by atoms with Crippen molar-refractivity contribution in [2.75, 3.05) is 13.7 Å². The molecule has 3 aromatic rings. The standard InChI is InChI=1S/C22H20N2O4S2/c1-4-28-21(26)18-13(2)23-22-24(19(18)15-6-5-7-16(11-15)27-3)20(25)17(30-22)10-14-8-9-29-12-14/h5-12,19H,4H2,1-3H3/b17-10+. The summed E-state index contributed by atoms with van der Waals surface area (Å²) in [4.78, 5) is 31.4. The van der Waals surface area contributed by atoms with E-state index in [1.165, 1.54) is 11.3 Å². The van der Waals surface area contributed by atoms with Crippen molar-refractivity contribution >= 4 is 34.7 Å². The predicted molar refractivity (Wildman–Crippen MR) is 118 cm³/mol. The van der Waals surface area contributed by atoms with Gasteiger partial charge < -0.3 is 9.47 Å². The molecule has 4 rings (SSSR count). The van der Waals surface area contributed by atoms with E-state index in [1.807, 2.05) is 47.2 Å². The molecule has 1 aliphatic heterocycles. The molecule has 1 aromatic carbocycles. The van der Waals surface area contributed by atoms with Crippen molar-refractivity contribution in [1.82, 2.24) is 4.57 Å². The highest BCUT2D eigenvalue weighted by atomic mass is 32.1. The number of hydrogen-bond acceptors (Lipinski definition) is 7. The molecule has 8 heteroatoms. The summed E-state index contributed by atoms with van der Waals surface area (Å²) in [6.07, 6.45) is 1.85. The van der Waals surface area contributed by atoms with E-state index in [4.69, 9.17) is 9.47 Å². The quantitative estimate of drug-likeness (QED) is 0.572. The van der Waals surface area contributed by atoms with Gasteiger partial charge in [-0.3, -0.25) is 9.36 Å². The number of carbonyl (C=O) groups is 1. The van der Waals surface area contributed by atoms with Crippen LogP contribution in [0.25, 0.3) is 6.08 Å². The number of benzene rings is 1. The van der Waals surface area contributed by atoms with E-state index >= 15 is 0 Å². The van der Waals surface area contributed by atoms with Crippen molar-refractivity contribution in [2.24, 2.45) is 4.99 Å². The molecule has 0 spiro atoms. The summed E-state index contributed by atoms with van der Waals surface area (Å²) in [5.41, 5.74) is 2.44. The Labute approximate surface area is 181 Å². The highest BCUT2D eigenvalue weighted by molar-refractivity contribution is 7.08. The number of ether oxygens (including phenoxy) is 2. The van der Waals surface area contributed by atoms with E-state index < -0.39 is 12.0 Å². The van der Waals surface area contributed by atoms with Crippen LogP contribution in [0.3, 0.4) is 0 Å². The lowest BCUT2D eigenvalue weighted by Gasteiger charge is -2.24. The Balaban J connectivity index is 1.98. The van der Waals surface area contributed by atoms with Crippen LogP contribution in [0.5, 0.6) is 5.75 Å². The fourth-order valence-corrected chi connectivity index (χ4v) is 5.09. The largest absolute Gasteiger partial charge is 0.497 e. The molecule has 1 unspecified atom stereocenters. The van der Waals surface area contributed by atoms with Crippen molar-refractivity contribution in [2.45, 2.75) is 19.9 Å². The molecular formula is C22H20N2O4S2. The maximum absolute atomic E-state index is 13.4. The molecule has 0 amide bonds. The number of nitrogens with zero attached hydrogens (tertiary/aromatic N) is 2. The first kappa shape index (κ1) is 20.3. The van der Waals surface area contributed by atoms with E-state index in [0.29, 0.717) is 26.4 Å². The molecule has 154 valence electrons. The molecule has 6 nitrogen and oxygen atoms in total. The SMILES string of the molecule is CCOC(=O)C1=C(C)N=c2s/c(=C/c3ccsc3)c(=O)n2C1c1cccc(OC)c1. The number of carbonyl (C=O) groups excluding carboxylic acids is 1. The fourth-order valence-electron chi connectivity index (χ4n) is 3.43. The lowest BCUT2D eigenvalue weighted by atomic mass is 9.95. The highest BCUT2D eigenvalue weighted by Crippen LogP contribution is 2.32. The van der Waals surface area contributed by atoms with E-state index in [9.17, 15) is 9.59 Å². The molecule has 0 saturated carbocycles. The van der Waals surface area contributed by atoms with E-state index in [0.717, 1.165) is 11.1 Å². The number of aromatic nitrogens is 1. The molecule has 1 aliphatic rings. The second-order valence-corrected chi connectivity index (χ2v) is 8.42. The summed E-state index contributed by atoms with van der Waals surface area (Å²) < 4.78 is 12.8. The van der Waals surface area contributed by atoms with Crippen molar-refractivity contribution in [3.8, 4) is 5.75 Å². The summed E-state index contributed by atoms with van der Waals surface area (Å²) >= 11 is 2.88. The van der Waals surface area contributed by atoms with Crippen LogP contribution in [0.1, 0.15) is 31.0 Å². The van der Waals surface area contributed by atoms with Crippen LogP contribution in [0.4, 0.5) is 0 Å². The van der Waals surface area contributed by atoms with Crippen LogP contribution < -0.4 is 19.6 Å². The molecule has 30 heavy (non-hydrogen) atoms. The summed E-state index contributed by atoms with van der Waals surface area (Å²) in [6, 6.07) is 8.69. The lowest BCUT2D eigenvalue weighted by Crippen LogP contribution is -2.39. The van der Waals surface area contributed by atoms with Gasteiger partial charge in [0, 0.05) is 0 Å². The van der Waals surface area contributed by atoms with Gasteiger partial charge in [-0.2, -0.15) is 11.3 Å². The van der Waals surface area contributed by atoms with Crippen molar-refractivity contribution < 1.29 is 14.3 Å². The lowest BCUT2D eigenvalue weighted by molar-refractivity contribution is -0.139. The van der Waals surface area contributed by atoms with Crippen LogP contribution in [0, 0.1) is 0 Å². The second kappa shape index (κ2) is 8.41. The minimum absolute atomic E-state index is 0.188. The third-order valence-electron chi connectivity index (χ3n) is 4.77. The zero-order valence-corrected chi connectivity index (χ0v) is 18.4. The number of thiophene rings is 1. The molecule has 1 atom stereocenters. The number of rotatable bonds is 5. The third kappa shape index (κ3) is 3.64. The monoisotopic (exact) mass is 440 g/mol. The van der Waals surface area contributed by atoms with Crippen LogP contribution in [-0.4, -0.2) is 24.3 Å². The number of hydrogen-bond donors (Lipinski definition) is 0. The molecule has 0 fully saturated rings. The van der Waals surface area contributed by atoms with Gasteiger partial charge in [-0.05, 0) is 60.0 Å². The normalized spacial score (nSPS) is 16.2. The maximum atomic E-state index is 13.4. The Kier molecular flexibility index (Phi) is 5.69. The minimum Gasteiger partial charge on any atom is -0.497 e.